The zero-order chi connectivity index (χ0) is 19.9. The van der Waals surface area contributed by atoms with Gasteiger partial charge in [-0.25, -0.2) is 0 Å². The van der Waals surface area contributed by atoms with Crippen molar-refractivity contribution in [2.75, 3.05) is 40.9 Å². The van der Waals surface area contributed by atoms with Crippen LogP contribution < -0.4 is 9.47 Å². The van der Waals surface area contributed by atoms with Gasteiger partial charge in [0, 0.05) is 44.0 Å². The quantitative estimate of drug-likeness (QED) is 0.663. The lowest BCUT2D eigenvalue weighted by atomic mass is 10.0. The van der Waals surface area contributed by atoms with Crippen molar-refractivity contribution in [1.29, 1.82) is 0 Å². The van der Waals surface area contributed by atoms with Gasteiger partial charge in [0.2, 0.25) is 0 Å². The Hall–Kier alpha value is -2.05. The number of aromatic nitrogens is 2. The van der Waals surface area contributed by atoms with E-state index in [0.717, 1.165) is 44.1 Å². The van der Waals surface area contributed by atoms with Crippen molar-refractivity contribution < 1.29 is 9.47 Å². The van der Waals surface area contributed by atoms with Crippen LogP contribution in [0.15, 0.2) is 30.6 Å². The van der Waals surface area contributed by atoms with Crippen molar-refractivity contribution in [1.82, 2.24) is 19.6 Å². The highest BCUT2D eigenvalue weighted by Crippen LogP contribution is 2.28. The maximum absolute atomic E-state index is 5.43. The fourth-order valence-electron chi connectivity index (χ4n) is 3.98. The average Bonchev–Trinajstić information content (AvgIpc) is 3.19. The van der Waals surface area contributed by atoms with Gasteiger partial charge in [-0.15, -0.1) is 0 Å². The summed E-state index contributed by atoms with van der Waals surface area (Å²) in [7, 11) is 5.62. The molecule has 1 atom stereocenters. The van der Waals surface area contributed by atoms with Crippen LogP contribution in [0.4, 0.5) is 0 Å². The summed E-state index contributed by atoms with van der Waals surface area (Å²) in [6.07, 6.45) is 7.72. The van der Waals surface area contributed by atoms with Gasteiger partial charge in [0.05, 0.1) is 20.4 Å². The lowest BCUT2D eigenvalue weighted by Gasteiger charge is -2.37. The molecule has 2 heterocycles. The molecule has 0 saturated carbocycles. The summed E-state index contributed by atoms with van der Waals surface area (Å²) in [5, 5.41) is 4.40. The van der Waals surface area contributed by atoms with E-state index in [1.54, 1.807) is 14.2 Å². The molecule has 0 aliphatic carbocycles. The number of benzene rings is 1. The molecule has 154 valence electrons. The summed E-state index contributed by atoms with van der Waals surface area (Å²) in [6.45, 7) is 7.40. The highest BCUT2D eigenvalue weighted by atomic mass is 16.5. The molecule has 0 spiro atoms. The van der Waals surface area contributed by atoms with Gasteiger partial charge in [0.1, 0.15) is 0 Å². The number of piperidine rings is 1. The molecule has 6 heteroatoms. The minimum Gasteiger partial charge on any atom is -0.493 e. The van der Waals surface area contributed by atoms with Crippen LogP contribution >= 0.6 is 0 Å². The third kappa shape index (κ3) is 5.26. The van der Waals surface area contributed by atoms with Crippen LogP contribution in [0.25, 0.3) is 0 Å². The Morgan fingerprint density at radius 3 is 2.71 bits per heavy atom. The molecule has 1 unspecified atom stereocenters. The second kappa shape index (κ2) is 9.94. The van der Waals surface area contributed by atoms with E-state index in [-0.39, 0.29) is 0 Å². The molecule has 1 aromatic heterocycles. The van der Waals surface area contributed by atoms with Crippen LogP contribution in [-0.4, -0.2) is 66.5 Å². The van der Waals surface area contributed by atoms with Crippen molar-refractivity contribution in [2.45, 2.75) is 45.3 Å². The summed E-state index contributed by atoms with van der Waals surface area (Å²) < 4.78 is 12.8. The van der Waals surface area contributed by atoms with Crippen LogP contribution in [0.5, 0.6) is 11.5 Å². The molecular formula is C22H34N4O2. The molecule has 1 aromatic carbocycles. The van der Waals surface area contributed by atoms with Gasteiger partial charge in [-0.1, -0.05) is 6.07 Å². The van der Waals surface area contributed by atoms with Crippen LogP contribution in [0.3, 0.4) is 0 Å². The number of hydrogen-bond donors (Lipinski definition) is 0. The van der Waals surface area contributed by atoms with E-state index in [1.807, 2.05) is 16.9 Å². The van der Waals surface area contributed by atoms with E-state index in [0.29, 0.717) is 6.04 Å². The number of ether oxygens (including phenoxy) is 2. The van der Waals surface area contributed by atoms with E-state index in [9.17, 15) is 0 Å². The van der Waals surface area contributed by atoms with Crippen molar-refractivity contribution in [3.63, 3.8) is 0 Å². The molecular weight excluding hydrogens is 352 g/mol. The summed E-state index contributed by atoms with van der Waals surface area (Å²) >= 11 is 0. The van der Waals surface area contributed by atoms with Crippen molar-refractivity contribution in [3.8, 4) is 11.5 Å². The summed E-state index contributed by atoms with van der Waals surface area (Å²) in [4.78, 5) is 5.08. The first-order valence-electron chi connectivity index (χ1n) is 10.3. The first-order chi connectivity index (χ1) is 13.6. The van der Waals surface area contributed by atoms with Gasteiger partial charge in [-0.3, -0.25) is 9.58 Å². The molecule has 0 radical (unpaired) electrons. The number of likely N-dealkylation sites (tertiary alicyclic amines) is 1. The number of methoxy groups -OCH3 is 2. The molecule has 28 heavy (non-hydrogen) atoms. The van der Waals surface area contributed by atoms with Gasteiger partial charge in [-0.05, 0) is 57.5 Å². The maximum atomic E-state index is 5.43. The second-order valence-corrected chi connectivity index (χ2v) is 7.66. The summed E-state index contributed by atoms with van der Waals surface area (Å²) in [6, 6.07) is 6.82. The third-order valence-electron chi connectivity index (χ3n) is 5.72. The Morgan fingerprint density at radius 2 is 2.00 bits per heavy atom. The van der Waals surface area contributed by atoms with E-state index in [2.05, 4.69) is 47.2 Å². The molecule has 0 N–H and O–H groups in total. The first kappa shape index (κ1) is 20.7. The maximum Gasteiger partial charge on any atom is 0.160 e. The monoisotopic (exact) mass is 386 g/mol. The first-order valence-corrected chi connectivity index (χ1v) is 10.3. The molecule has 0 amide bonds. The number of likely N-dealkylation sites (N-methyl/N-ethyl adjacent to an activating group) is 1. The molecule has 3 rings (SSSR count). The Balaban J connectivity index is 1.51. The Bertz CT molecular complexity index is 746. The van der Waals surface area contributed by atoms with E-state index in [4.69, 9.17) is 9.47 Å². The molecule has 2 aromatic rings. The fraction of sp³-hybridized carbons (Fsp3) is 0.591. The molecule has 1 fully saturated rings. The minimum absolute atomic E-state index is 0.607. The predicted molar refractivity (Wildman–Crippen MR) is 112 cm³/mol. The van der Waals surface area contributed by atoms with Crippen LogP contribution in [0, 0.1) is 0 Å². The zero-order valence-corrected chi connectivity index (χ0v) is 17.7. The van der Waals surface area contributed by atoms with Crippen LogP contribution in [-0.2, 0) is 19.5 Å². The minimum atomic E-state index is 0.607. The third-order valence-corrected chi connectivity index (χ3v) is 5.72. The van der Waals surface area contributed by atoms with Crippen LogP contribution in [0.2, 0.25) is 0 Å². The normalized spacial score (nSPS) is 17.8. The van der Waals surface area contributed by atoms with Crippen molar-refractivity contribution in [2.24, 2.45) is 0 Å². The number of nitrogens with zero attached hydrogens (tertiary/aromatic N) is 4. The van der Waals surface area contributed by atoms with Gasteiger partial charge >= 0.3 is 0 Å². The molecule has 1 aliphatic heterocycles. The number of hydrogen-bond acceptors (Lipinski definition) is 5. The standard InChI is InChI=1S/C22H34N4O2/c1-5-26-16-19(14-23-26)15-25-11-6-7-20(17-25)24(2)12-10-18-8-9-21(27-3)22(13-18)28-4/h8-9,13-14,16,20H,5-7,10-12,15,17H2,1-4H3. The highest BCUT2D eigenvalue weighted by molar-refractivity contribution is 5.42. The zero-order valence-electron chi connectivity index (χ0n) is 17.7. The van der Waals surface area contributed by atoms with Gasteiger partial charge < -0.3 is 14.4 Å². The lowest BCUT2D eigenvalue weighted by Crippen LogP contribution is -2.46. The summed E-state index contributed by atoms with van der Waals surface area (Å²) in [5.41, 5.74) is 2.60. The fourth-order valence-corrected chi connectivity index (χ4v) is 3.98. The SMILES string of the molecule is CCn1cc(CN2CCCC(N(C)CCc3ccc(OC)c(OC)c3)C2)cn1. The molecule has 0 bridgehead atoms. The Morgan fingerprint density at radius 1 is 1.18 bits per heavy atom. The number of aryl methyl sites for hydroxylation is 1. The Kier molecular flexibility index (Phi) is 7.34. The summed E-state index contributed by atoms with van der Waals surface area (Å²) in [5.74, 6) is 1.59. The van der Waals surface area contributed by atoms with E-state index < -0.39 is 0 Å². The van der Waals surface area contributed by atoms with Gasteiger partial charge in [0.15, 0.2) is 11.5 Å². The predicted octanol–water partition coefficient (Wildman–Crippen LogP) is 3.06. The topological polar surface area (TPSA) is 42.8 Å². The largest absolute Gasteiger partial charge is 0.493 e. The van der Waals surface area contributed by atoms with Crippen molar-refractivity contribution >= 4 is 0 Å². The van der Waals surface area contributed by atoms with Gasteiger partial charge in [-0.2, -0.15) is 5.10 Å². The Labute approximate surface area is 169 Å². The second-order valence-electron chi connectivity index (χ2n) is 7.66. The molecule has 1 aliphatic rings. The van der Waals surface area contributed by atoms with E-state index in [1.165, 1.54) is 30.5 Å². The van der Waals surface area contributed by atoms with Crippen molar-refractivity contribution in [3.05, 3.63) is 41.7 Å². The van der Waals surface area contributed by atoms with Crippen LogP contribution in [0.1, 0.15) is 30.9 Å². The number of rotatable bonds is 9. The van der Waals surface area contributed by atoms with E-state index >= 15 is 0 Å². The average molecular weight is 387 g/mol. The molecule has 6 nitrogen and oxygen atoms in total. The smallest absolute Gasteiger partial charge is 0.160 e. The lowest BCUT2D eigenvalue weighted by molar-refractivity contribution is 0.112. The molecule has 1 saturated heterocycles. The van der Waals surface area contributed by atoms with Gasteiger partial charge in [0.25, 0.3) is 0 Å². The highest BCUT2D eigenvalue weighted by Gasteiger charge is 2.23.